The van der Waals surface area contributed by atoms with Gasteiger partial charge in [-0.2, -0.15) is 0 Å². The van der Waals surface area contributed by atoms with Gasteiger partial charge in [0, 0.05) is 19.0 Å². The number of hydrogen-bond donors (Lipinski definition) is 1. The van der Waals surface area contributed by atoms with Crippen molar-refractivity contribution in [2.75, 3.05) is 13.1 Å². The fourth-order valence-electron chi connectivity index (χ4n) is 2.47. The monoisotopic (exact) mass is 274 g/mol. The van der Waals surface area contributed by atoms with Gasteiger partial charge in [-0.1, -0.05) is 30.3 Å². The van der Waals surface area contributed by atoms with E-state index in [0.29, 0.717) is 13.0 Å². The van der Waals surface area contributed by atoms with Gasteiger partial charge in [0.05, 0.1) is 6.54 Å². The van der Waals surface area contributed by atoms with Gasteiger partial charge in [-0.05, 0) is 31.7 Å². The molecule has 0 unspecified atom stereocenters. The highest BCUT2D eigenvalue weighted by Crippen LogP contribution is 2.09. The molecule has 1 saturated heterocycles. The van der Waals surface area contributed by atoms with Crippen molar-refractivity contribution in [2.45, 2.75) is 38.6 Å². The van der Waals surface area contributed by atoms with Crippen LogP contribution in [0.5, 0.6) is 0 Å². The van der Waals surface area contributed by atoms with Gasteiger partial charge in [0.25, 0.3) is 0 Å². The molecular weight excluding hydrogens is 252 g/mol. The lowest BCUT2D eigenvalue weighted by Crippen LogP contribution is -2.41. The van der Waals surface area contributed by atoms with E-state index < -0.39 is 0 Å². The number of carbonyl (C=O) groups excluding carboxylic acids is 2. The Morgan fingerprint density at radius 2 is 2.10 bits per heavy atom. The third-order valence-corrected chi connectivity index (χ3v) is 3.62. The summed E-state index contributed by atoms with van der Waals surface area (Å²) < 4.78 is 0. The smallest absolute Gasteiger partial charge is 0.239 e. The van der Waals surface area contributed by atoms with E-state index in [9.17, 15) is 9.59 Å². The van der Waals surface area contributed by atoms with Crippen LogP contribution in [0.2, 0.25) is 0 Å². The van der Waals surface area contributed by atoms with Gasteiger partial charge >= 0.3 is 0 Å². The molecule has 4 nitrogen and oxygen atoms in total. The summed E-state index contributed by atoms with van der Waals surface area (Å²) >= 11 is 0. The van der Waals surface area contributed by atoms with Crippen molar-refractivity contribution in [3.63, 3.8) is 0 Å². The summed E-state index contributed by atoms with van der Waals surface area (Å²) in [4.78, 5) is 25.0. The van der Waals surface area contributed by atoms with E-state index in [-0.39, 0.29) is 24.4 Å². The molecule has 1 aliphatic rings. The molecule has 1 N–H and O–H groups in total. The number of rotatable bonds is 6. The van der Waals surface area contributed by atoms with Crippen LogP contribution in [0.3, 0.4) is 0 Å². The molecule has 2 amide bonds. The van der Waals surface area contributed by atoms with Crippen LogP contribution in [0, 0.1) is 0 Å². The molecule has 1 aliphatic heterocycles. The summed E-state index contributed by atoms with van der Waals surface area (Å²) in [5.41, 5.74) is 1.28. The molecule has 0 radical (unpaired) electrons. The predicted octanol–water partition coefficient (Wildman–Crippen LogP) is 1.75. The van der Waals surface area contributed by atoms with Gasteiger partial charge in [0.1, 0.15) is 0 Å². The Kier molecular flexibility index (Phi) is 5.16. The van der Waals surface area contributed by atoms with Gasteiger partial charge in [-0.25, -0.2) is 0 Å². The standard InChI is InChI=1S/C16H22N2O2/c1-13(9-10-14-6-3-2-4-7-14)17-15(19)12-18-11-5-8-16(18)20/h2-4,6-7,13H,5,8-12H2,1H3,(H,17,19)/t13-/m1/s1. The molecule has 4 heteroatoms. The highest BCUT2D eigenvalue weighted by atomic mass is 16.2. The second-order valence-electron chi connectivity index (χ2n) is 5.41. The minimum absolute atomic E-state index is 0.0548. The number of aryl methyl sites for hydroxylation is 1. The molecule has 2 rings (SSSR count). The first-order valence-corrected chi connectivity index (χ1v) is 7.26. The molecule has 0 saturated carbocycles. The molecule has 1 heterocycles. The Bertz CT molecular complexity index is 459. The molecule has 1 aromatic rings. The average Bonchev–Trinajstić information content (AvgIpc) is 2.83. The summed E-state index contributed by atoms with van der Waals surface area (Å²) in [5, 5.41) is 2.96. The summed E-state index contributed by atoms with van der Waals surface area (Å²) in [5.74, 6) is 0.0397. The van der Waals surface area contributed by atoms with E-state index in [2.05, 4.69) is 17.4 Å². The molecule has 0 aliphatic carbocycles. The molecule has 1 atom stereocenters. The number of likely N-dealkylation sites (tertiary alicyclic amines) is 1. The van der Waals surface area contributed by atoms with E-state index in [1.54, 1.807) is 4.90 Å². The van der Waals surface area contributed by atoms with Gasteiger partial charge in [0.2, 0.25) is 11.8 Å². The Hall–Kier alpha value is -1.84. The quantitative estimate of drug-likeness (QED) is 0.859. The molecule has 0 bridgehead atoms. The lowest BCUT2D eigenvalue weighted by molar-refractivity contribution is -0.133. The molecule has 1 aromatic carbocycles. The van der Waals surface area contributed by atoms with Crippen LogP contribution in [-0.2, 0) is 16.0 Å². The number of hydrogen-bond acceptors (Lipinski definition) is 2. The van der Waals surface area contributed by atoms with Crippen LogP contribution in [0.1, 0.15) is 31.7 Å². The van der Waals surface area contributed by atoms with E-state index in [4.69, 9.17) is 0 Å². The van der Waals surface area contributed by atoms with Gasteiger partial charge in [0.15, 0.2) is 0 Å². The number of nitrogens with zero attached hydrogens (tertiary/aromatic N) is 1. The van der Waals surface area contributed by atoms with Gasteiger partial charge in [-0.3, -0.25) is 9.59 Å². The first-order chi connectivity index (χ1) is 9.65. The minimum Gasteiger partial charge on any atom is -0.352 e. The van der Waals surface area contributed by atoms with Crippen molar-refractivity contribution < 1.29 is 9.59 Å². The van der Waals surface area contributed by atoms with Crippen LogP contribution in [0.15, 0.2) is 30.3 Å². The minimum atomic E-state index is -0.0548. The molecule has 0 aromatic heterocycles. The van der Waals surface area contributed by atoms with Crippen molar-refractivity contribution in [3.05, 3.63) is 35.9 Å². The number of benzene rings is 1. The van der Waals surface area contributed by atoms with Crippen molar-refractivity contribution >= 4 is 11.8 Å². The normalized spacial score (nSPS) is 16.2. The molecule has 108 valence electrons. The van der Waals surface area contributed by atoms with Crippen LogP contribution in [0.25, 0.3) is 0 Å². The largest absolute Gasteiger partial charge is 0.352 e. The zero-order chi connectivity index (χ0) is 14.4. The summed E-state index contributed by atoms with van der Waals surface area (Å²) in [7, 11) is 0. The lowest BCUT2D eigenvalue weighted by Gasteiger charge is -2.18. The first kappa shape index (κ1) is 14.6. The second kappa shape index (κ2) is 7.08. The summed E-state index contributed by atoms with van der Waals surface area (Å²) in [6.07, 6.45) is 3.31. The maximum atomic E-state index is 11.9. The Labute approximate surface area is 120 Å². The van der Waals surface area contributed by atoms with Crippen molar-refractivity contribution in [1.82, 2.24) is 10.2 Å². The maximum absolute atomic E-state index is 11.9. The fraction of sp³-hybridized carbons (Fsp3) is 0.500. The maximum Gasteiger partial charge on any atom is 0.239 e. The molecule has 1 fully saturated rings. The Morgan fingerprint density at radius 1 is 1.35 bits per heavy atom. The summed E-state index contributed by atoms with van der Waals surface area (Å²) in [6, 6.07) is 10.4. The Morgan fingerprint density at radius 3 is 2.75 bits per heavy atom. The molecule has 20 heavy (non-hydrogen) atoms. The lowest BCUT2D eigenvalue weighted by atomic mass is 10.1. The van der Waals surface area contributed by atoms with Crippen LogP contribution in [-0.4, -0.2) is 35.8 Å². The SMILES string of the molecule is C[C@H](CCc1ccccc1)NC(=O)CN1CCCC1=O. The van der Waals surface area contributed by atoms with Crippen LogP contribution < -0.4 is 5.32 Å². The van der Waals surface area contributed by atoms with E-state index >= 15 is 0 Å². The van der Waals surface area contributed by atoms with Crippen LogP contribution >= 0.6 is 0 Å². The second-order valence-corrected chi connectivity index (χ2v) is 5.41. The number of amides is 2. The van der Waals surface area contributed by atoms with Crippen molar-refractivity contribution in [3.8, 4) is 0 Å². The highest BCUT2D eigenvalue weighted by Gasteiger charge is 2.22. The average molecular weight is 274 g/mol. The first-order valence-electron chi connectivity index (χ1n) is 7.26. The van der Waals surface area contributed by atoms with Crippen LogP contribution in [0.4, 0.5) is 0 Å². The highest BCUT2D eigenvalue weighted by molar-refractivity contribution is 5.85. The van der Waals surface area contributed by atoms with E-state index in [1.165, 1.54) is 5.56 Å². The predicted molar refractivity (Wildman–Crippen MR) is 78.2 cm³/mol. The van der Waals surface area contributed by atoms with E-state index in [1.807, 2.05) is 25.1 Å². The Balaban J connectivity index is 1.69. The fourth-order valence-corrected chi connectivity index (χ4v) is 2.47. The van der Waals surface area contributed by atoms with E-state index in [0.717, 1.165) is 19.3 Å². The third-order valence-electron chi connectivity index (χ3n) is 3.62. The van der Waals surface area contributed by atoms with Crippen molar-refractivity contribution in [1.29, 1.82) is 0 Å². The third kappa shape index (κ3) is 4.37. The van der Waals surface area contributed by atoms with Gasteiger partial charge < -0.3 is 10.2 Å². The number of nitrogens with one attached hydrogen (secondary N) is 1. The molecular formula is C16H22N2O2. The number of carbonyl (C=O) groups is 2. The topological polar surface area (TPSA) is 49.4 Å². The summed E-state index contributed by atoms with van der Waals surface area (Å²) in [6.45, 7) is 2.92. The molecule has 0 spiro atoms. The zero-order valence-corrected chi connectivity index (χ0v) is 12.0. The van der Waals surface area contributed by atoms with Crippen molar-refractivity contribution in [2.24, 2.45) is 0 Å². The van der Waals surface area contributed by atoms with Gasteiger partial charge in [-0.15, -0.1) is 0 Å². The zero-order valence-electron chi connectivity index (χ0n) is 12.0.